The molecule has 1 unspecified atom stereocenters. The maximum absolute atomic E-state index is 10.6. The van der Waals surface area contributed by atoms with Gasteiger partial charge in [-0.2, -0.15) is 0 Å². The van der Waals surface area contributed by atoms with Crippen molar-refractivity contribution in [1.29, 1.82) is 0 Å². The molecule has 0 saturated heterocycles. The quantitative estimate of drug-likeness (QED) is 0.213. The Bertz CT molecular complexity index is 399. The van der Waals surface area contributed by atoms with E-state index in [-0.39, 0.29) is 6.42 Å². The first-order chi connectivity index (χ1) is 11.1. The van der Waals surface area contributed by atoms with Crippen molar-refractivity contribution in [2.24, 2.45) is 0 Å². The van der Waals surface area contributed by atoms with E-state index in [2.05, 4.69) is 31.2 Å². The zero-order valence-electron chi connectivity index (χ0n) is 14.0. The molecule has 0 radical (unpaired) electrons. The van der Waals surface area contributed by atoms with Crippen LogP contribution in [0.3, 0.4) is 0 Å². The molecule has 5 heteroatoms. The number of nitro groups is 1. The fourth-order valence-corrected chi connectivity index (χ4v) is 2.04. The number of nitrogens with zero attached hydrogens (tertiary/aromatic N) is 1. The molecule has 1 N–H and O–H groups in total. The Balaban J connectivity index is 3.62. The normalized spacial score (nSPS) is 13.3. The summed E-state index contributed by atoms with van der Waals surface area (Å²) in [5.74, 6) is -1.36. The van der Waals surface area contributed by atoms with Crippen molar-refractivity contribution in [2.45, 2.75) is 70.8 Å². The summed E-state index contributed by atoms with van der Waals surface area (Å²) in [6, 6.07) is -1.48. The van der Waals surface area contributed by atoms with E-state index in [0.29, 0.717) is 12.8 Å². The van der Waals surface area contributed by atoms with Crippen molar-refractivity contribution in [1.82, 2.24) is 0 Å². The number of unbranched alkanes of at least 4 members (excludes halogenated alkanes) is 4. The number of hydrogen-bond donors (Lipinski definition) is 1. The lowest BCUT2D eigenvalue weighted by molar-refractivity contribution is -0.511. The Morgan fingerprint density at radius 1 is 1.00 bits per heavy atom. The highest BCUT2D eigenvalue weighted by Gasteiger charge is 2.27. The average Bonchev–Trinajstić information content (AvgIpc) is 2.50. The van der Waals surface area contributed by atoms with Crippen LogP contribution in [0.25, 0.3) is 0 Å². The first-order valence-electron chi connectivity index (χ1n) is 8.40. The van der Waals surface area contributed by atoms with Crippen LogP contribution in [-0.2, 0) is 4.79 Å². The predicted molar refractivity (Wildman–Crippen MR) is 93.1 cm³/mol. The molecule has 130 valence electrons. The van der Waals surface area contributed by atoms with Gasteiger partial charge in [0.15, 0.2) is 0 Å². The third-order valence-electron chi connectivity index (χ3n) is 3.41. The summed E-state index contributed by atoms with van der Waals surface area (Å²) >= 11 is 0. The van der Waals surface area contributed by atoms with Crippen LogP contribution in [-0.4, -0.2) is 22.0 Å². The molecule has 0 rings (SSSR count). The Kier molecular flexibility index (Phi) is 13.8. The van der Waals surface area contributed by atoms with Crippen molar-refractivity contribution in [3.63, 3.8) is 0 Å². The van der Waals surface area contributed by atoms with E-state index in [9.17, 15) is 14.9 Å². The van der Waals surface area contributed by atoms with E-state index in [0.717, 1.165) is 19.3 Å². The lowest BCUT2D eigenvalue weighted by Crippen LogP contribution is -2.28. The van der Waals surface area contributed by atoms with Crippen molar-refractivity contribution in [3.05, 3.63) is 46.6 Å². The molecule has 0 aliphatic rings. The van der Waals surface area contributed by atoms with E-state index in [4.69, 9.17) is 5.11 Å². The number of hydrogen-bond acceptors (Lipinski definition) is 3. The number of carboxylic acid groups (broad SMARTS) is 1. The van der Waals surface area contributed by atoms with Crippen molar-refractivity contribution >= 4 is 5.97 Å². The summed E-state index contributed by atoms with van der Waals surface area (Å²) in [7, 11) is 0. The number of rotatable bonds is 14. The van der Waals surface area contributed by atoms with Gasteiger partial charge in [-0.15, -0.1) is 0 Å². The molecule has 0 fully saturated rings. The summed E-state index contributed by atoms with van der Waals surface area (Å²) in [6.07, 6.45) is 20.6. The highest BCUT2D eigenvalue weighted by atomic mass is 16.6. The van der Waals surface area contributed by atoms with Crippen LogP contribution >= 0.6 is 0 Å². The molecule has 0 aromatic carbocycles. The zero-order valence-corrected chi connectivity index (χ0v) is 14.0. The molecule has 0 spiro atoms. The van der Waals surface area contributed by atoms with E-state index in [1.165, 1.54) is 19.3 Å². The van der Waals surface area contributed by atoms with E-state index < -0.39 is 16.9 Å². The smallest absolute Gasteiger partial charge is 0.379 e. The van der Waals surface area contributed by atoms with Gasteiger partial charge in [0.1, 0.15) is 0 Å². The average molecular weight is 323 g/mol. The van der Waals surface area contributed by atoms with Crippen LogP contribution in [0.1, 0.15) is 64.7 Å². The Morgan fingerprint density at radius 3 is 2.00 bits per heavy atom. The summed E-state index contributed by atoms with van der Waals surface area (Å²) < 4.78 is 0. The Morgan fingerprint density at radius 2 is 1.52 bits per heavy atom. The van der Waals surface area contributed by atoms with Crippen molar-refractivity contribution in [3.8, 4) is 0 Å². The zero-order chi connectivity index (χ0) is 17.3. The maximum Gasteiger partial charge on any atom is 0.379 e. The maximum atomic E-state index is 10.6. The third-order valence-corrected chi connectivity index (χ3v) is 3.41. The third kappa shape index (κ3) is 13.5. The molecule has 0 aliphatic carbocycles. The van der Waals surface area contributed by atoms with Gasteiger partial charge in [-0.05, 0) is 38.5 Å². The molecule has 0 aliphatic heterocycles. The molecule has 0 bridgehead atoms. The first kappa shape index (κ1) is 21.1. The highest BCUT2D eigenvalue weighted by molar-refractivity contribution is 5.71. The van der Waals surface area contributed by atoms with Crippen LogP contribution in [0.15, 0.2) is 36.5 Å². The van der Waals surface area contributed by atoms with Gasteiger partial charge < -0.3 is 5.11 Å². The van der Waals surface area contributed by atoms with Gasteiger partial charge in [0.2, 0.25) is 0 Å². The van der Waals surface area contributed by atoms with E-state index in [1.54, 1.807) is 0 Å². The van der Waals surface area contributed by atoms with E-state index >= 15 is 0 Å². The second-order valence-electron chi connectivity index (χ2n) is 5.45. The second kappa shape index (κ2) is 15.0. The molecular weight excluding hydrogens is 294 g/mol. The van der Waals surface area contributed by atoms with Crippen LogP contribution in [0.2, 0.25) is 0 Å². The summed E-state index contributed by atoms with van der Waals surface area (Å²) in [5.41, 5.74) is 0. The minimum atomic E-state index is -1.48. The lowest BCUT2D eigenvalue weighted by atomic mass is 10.1. The molecular formula is C18H29NO4. The number of aliphatic carboxylic acids is 1. The summed E-state index contributed by atoms with van der Waals surface area (Å²) in [5, 5.41) is 19.2. The standard InChI is InChI=1S/C18H29NO4/c1-2-3-4-5-6-7-8-9-10-11-12-13-14-15-16-17(18(20)21)19(22)23/h6-7,9-10,12-13,17H,2-5,8,11,14-16H2,1H3,(H,20,21)/b7-6-,10-9-,13-12-. The molecule has 0 aromatic heterocycles. The van der Waals surface area contributed by atoms with Gasteiger partial charge in [-0.3, -0.25) is 10.1 Å². The van der Waals surface area contributed by atoms with Crippen LogP contribution in [0.4, 0.5) is 0 Å². The van der Waals surface area contributed by atoms with Gasteiger partial charge in [0.25, 0.3) is 0 Å². The molecule has 0 saturated carbocycles. The Hall–Kier alpha value is -1.91. The molecule has 0 heterocycles. The van der Waals surface area contributed by atoms with Crippen LogP contribution in [0, 0.1) is 10.1 Å². The summed E-state index contributed by atoms with van der Waals surface area (Å²) in [4.78, 5) is 20.4. The lowest BCUT2D eigenvalue weighted by Gasteiger charge is -2.02. The minimum absolute atomic E-state index is 0.0747. The highest BCUT2D eigenvalue weighted by Crippen LogP contribution is 2.06. The van der Waals surface area contributed by atoms with Crippen LogP contribution < -0.4 is 0 Å². The molecule has 5 nitrogen and oxygen atoms in total. The van der Waals surface area contributed by atoms with Gasteiger partial charge in [0, 0.05) is 11.3 Å². The monoisotopic (exact) mass is 323 g/mol. The topological polar surface area (TPSA) is 80.4 Å². The molecule has 0 amide bonds. The molecule has 0 aromatic rings. The van der Waals surface area contributed by atoms with Crippen LogP contribution in [0.5, 0.6) is 0 Å². The van der Waals surface area contributed by atoms with Gasteiger partial charge in [-0.25, -0.2) is 4.79 Å². The van der Waals surface area contributed by atoms with E-state index in [1.807, 2.05) is 12.2 Å². The van der Waals surface area contributed by atoms with Gasteiger partial charge in [-0.1, -0.05) is 56.2 Å². The second-order valence-corrected chi connectivity index (χ2v) is 5.45. The summed E-state index contributed by atoms with van der Waals surface area (Å²) in [6.45, 7) is 2.20. The fraction of sp³-hybridized carbons (Fsp3) is 0.611. The first-order valence-corrected chi connectivity index (χ1v) is 8.40. The Labute approximate surface area is 138 Å². The largest absolute Gasteiger partial charge is 0.476 e. The fourth-order valence-electron chi connectivity index (χ4n) is 2.04. The number of carbonyl (C=O) groups is 1. The minimum Gasteiger partial charge on any atom is -0.476 e. The number of allylic oxidation sites excluding steroid dienone is 6. The molecule has 1 atom stereocenters. The molecule has 23 heavy (non-hydrogen) atoms. The number of carboxylic acids is 1. The van der Waals surface area contributed by atoms with Gasteiger partial charge >= 0.3 is 12.0 Å². The van der Waals surface area contributed by atoms with Gasteiger partial charge in [0.05, 0.1) is 0 Å². The predicted octanol–water partition coefficient (Wildman–Crippen LogP) is 4.92. The van der Waals surface area contributed by atoms with Crippen molar-refractivity contribution < 1.29 is 14.8 Å². The van der Waals surface area contributed by atoms with Crippen molar-refractivity contribution in [2.75, 3.05) is 0 Å². The SMILES string of the molecule is CCCCC/C=C\C/C=C\C/C=C\CCCC(C(=O)O)[N+](=O)[O-].